The summed E-state index contributed by atoms with van der Waals surface area (Å²) in [7, 11) is 0. The first-order valence-electron chi connectivity index (χ1n) is 3.94. The molecule has 1 unspecified atom stereocenters. The molecule has 0 radical (unpaired) electrons. The van der Waals surface area contributed by atoms with Crippen LogP contribution in [0, 0.1) is 5.92 Å². The van der Waals surface area contributed by atoms with Gasteiger partial charge in [0.05, 0.1) is 6.10 Å². The van der Waals surface area contributed by atoms with Gasteiger partial charge in [0.2, 0.25) is 0 Å². The largest absolute Gasteiger partial charge is 0.393 e. The monoisotopic (exact) mass is 146 g/mol. The average Bonchev–Trinajstić information content (AvgIpc) is 1.88. The van der Waals surface area contributed by atoms with E-state index in [-0.39, 0.29) is 6.10 Å². The van der Waals surface area contributed by atoms with Crippen LogP contribution >= 0.6 is 0 Å². The van der Waals surface area contributed by atoms with Crippen molar-refractivity contribution in [3.63, 3.8) is 0 Å². The van der Waals surface area contributed by atoms with Crippen molar-refractivity contribution in [3.05, 3.63) is 0 Å². The summed E-state index contributed by atoms with van der Waals surface area (Å²) in [4.78, 5) is 0. The SMILES string of the molecule is CCOCCC(O)C(C)C. The molecule has 0 amide bonds. The van der Waals surface area contributed by atoms with Gasteiger partial charge in [-0.15, -0.1) is 0 Å². The number of aliphatic hydroxyl groups excluding tert-OH is 1. The molecular weight excluding hydrogens is 128 g/mol. The fourth-order valence-electron chi connectivity index (χ4n) is 0.682. The number of ether oxygens (including phenoxy) is 1. The summed E-state index contributed by atoms with van der Waals surface area (Å²) in [5.74, 6) is 0.348. The molecule has 0 aliphatic carbocycles. The van der Waals surface area contributed by atoms with E-state index in [9.17, 15) is 5.11 Å². The van der Waals surface area contributed by atoms with E-state index in [4.69, 9.17) is 4.74 Å². The van der Waals surface area contributed by atoms with Crippen LogP contribution in [0.25, 0.3) is 0 Å². The second kappa shape index (κ2) is 5.69. The number of rotatable bonds is 5. The third kappa shape index (κ3) is 4.77. The van der Waals surface area contributed by atoms with E-state index < -0.39 is 0 Å². The Balaban J connectivity index is 3.13. The molecule has 1 N–H and O–H groups in total. The molecular formula is C8H18O2. The van der Waals surface area contributed by atoms with Crippen molar-refractivity contribution in [1.29, 1.82) is 0 Å². The van der Waals surface area contributed by atoms with E-state index in [0.717, 1.165) is 13.0 Å². The predicted molar refractivity (Wildman–Crippen MR) is 42.0 cm³/mol. The summed E-state index contributed by atoms with van der Waals surface area (Å²) in [6.07, 6.45) is 0.553. The Morgan fingerprint density at radius 1 is 1.40 bits per heavy atom. The predicted octanol–water partition coefficient (Wildman–Crippen LogP) is 1.43. The van der Waals surface area contributed by atoms with Crippen molar-refractivity contribution in [2.24, 2.45) is 5.92 Å². The first kappa shape index (κ1) is 9.92. The van der Waals surface area contributed by atoms with Crippen molar-refractivity contribution in [1.82, 2.24) is 0 Å². The van der Waals surface area contributed by atoms with Crippen LogP contribution in [0.5, 0.6) is 0 Å². The van der Waals surface area contributed by atoms with Crippen molar-refractivity contribution >= 4 is 0 Å². The normalized spacial score (nSPS) is 14.1. The molecule has 2 heteroatoms. The third-order valence-corrected chi connectivity index (χ3v) is 1.53. The highest BCUT2D eigenvalue weighted by molar-refractivity contribution is 4.58. The summed E-state index contributed by atoms with van der Waals surface area (Å²) in [5.41, 5.74) is 0. The topological polar surface area (TPSA) is 29.5 Å². The number of hydrogen-bond acceptors (Lipinski definition) is 2. The van der Waals surface area contributed by atoms with Gasteiger partial charge < -0.3 is 9.84 Å². The summed E-state index contributed by atoms with van der Waals surface area (Å²) in [6.45, 7) is 7.40. The first-order valence-corrected chi connectivity index (χ1v) is 3.94. The Bertz CT molecular complexity index is 71.7. The van der Waals surface area contributed by atoms with Crippen LogP contribution in [0.1, 0.15) is 27.2 Å². The van der Waals surface area contributed by atoms with Crippen LogP contribution in [-0.2, 0) is 4.74 Å². The van der Waals surface area contributed by atoms with Gasteiger partial charge in [-0.05, 0) is 19.3 Å². The maximum absolute atomic E-state index is 9.27. The van der Waals surface area contributed by atoms with Crippen LogP contribution in [0.3, 0.4) is 0 Å². The Kier molecular flexibility index (Phi) is 5.64. The highest BCUT2D eigenvalue weighted by Gasteiger charge is 2.07. The highest BCUT2D eigenvalue weighted by Crippen LogP contribution is 2.04. The van der Waals surface area contributed by atoms with Gasteiger partial charge in [-0.25, -0.2) is 0 Å². The molecule has 0 bridgehead atoms. The van der Waals surface area contributed by atoms with Crippen molar-refractivity contribution in [3.8, 4) is 0 Å². The van der Waals surface area contributed by atoms with E-state index >= 15 is 0 Å². The molecule has 10 heavy (non-hydrogen) atoms. The van der Waals surface area contributed by atoms with Gasteiger partial charge in [0.1, 0.15) is 0 Å². The molecule has 0 saturated heterocycles. The first-order chi connectivity index (χ1) is 4.68. The average molecular weight is 146 g/mol. The van der Waals surface area contributed by atoms with Gasteiger partial charge >= 0.3 is 0 Å². The minimum Gasteiger partial charge on any atom is -0.393 e. The van der Waals surface area contributed by atoms with Crippen LogP contribution in [0.4, 0.5) is 0 Å². The lowest BCUT2D eigenvalue weighted by molar-refractivity contribution is 0.0643. The minimum absolute atomic E-state index is 0.202. The quantitative estimate of drug-likeness (QED) is 0.594. The number of hydrogen-bond donors (Lipinski definition) is 1. The third-order valence-electron chi connectivity index (χ3n) is 1.53. The van der Waals surface area contributed by atoms with E-state index in [1.165, 1.54) is 0 Å². The summed E-state index contributed by atoms with van der Waals surface area (Å²) >= 11 is 0. The minimum atomic E-state index is -0.202. The molecule has 0 fully saturated rings. The van der Waals surface area contributed by atoms with E-state index in [2.05, 4.69) is 0 Å². The summed E-state index contributed by atoms with van der Waals surface area (Å²) < 4.78 is 5.09. The second-order valence-electron chi connectivity index (χ2n) is 2.80. The van der Waals surface area contributed by atoms with Gasteiger partial charge in [-0.3, -0.25) is 0 Å². The van der Waals surface area contributed by atoms with Gasteiger partial charge in [-0.1, -0.05) is 13.8 Å². The second-order valence-corrected chi connectivity index (χ2v) is 2.80. The van der Waals surface area contributed by atoms with Gasteiger partial charge in [0.25, 0.3) is 0 Å². The van der Waals surface area contributed by atoms with Crippen molar-refractivity contribution < 1.29 is 9.84 Å². The van der Waals surface area contributed by atoms with Crippen molar-refractivity contribution in [2.45, 2.75) is 33.3 Å². The zero-order valence-electron chi connectivity index (χ0n) is 7.13. The fraction of sp³-hybridized carbons (Fsp3) is 1.00. The zero-order valence-corrected chi connectivity index (χ0v) is 7.13. The molecule has 1 atom stereocenters. The molecule has 2 nitrogen and oxygen atoms in total. The molecule has 0 aromatic heterocycles. The lowest BCUT2D eigenvalue weighted by Crippen LogP contribution is -2.16. The molecule has 0 aromatic rings. The fourth-order valence-corrected chi connectivity index (χ4v) is 0.682. The van der Waals surface area contributed by atoms with E-state index in [1.54, 1.807) is 0 Å². The molecule has 0 spiro atoms. The van der Waals surface area contributed by atoms with Gasteiger partial charge in [0, 0.05) is 13.2 Å². The van der Waals surface area contributed by atoms with Gasteiger partial charge in [0.15, 0.2) is 0 Å². The zero-order chi connectivity index (χ0) is 7.98. The molecule has 0 aliphatic heterocycles. The van der Waals surface area contributed by atoms with Crippen LogP contribution in [0.2, 0.25) is 0 Å². The Morgan fingerprint density at radius 3 is 2.40 bits per heavy atom. The summed E-state index contributed by atoms with van der Waals surface area (Å²) in [5, 5.41) is 9.27. The molecule has 0 rings (SSSR count). The Labute approximate surface area is 63.2 Å². The van der Waals surface area contributed by atoms with Crippen LogP contribution in [0.15, 0.2) is 0 Å². The standard InChI is InChI=1S/C8H18O2/c1-4-10-6-5-8(9)7(2)3/h7-9H,4-6H2,1-3H3. The van der Waals surface area contributed by atoms with E-state index in [0.29, 0.717) is 12.5 Å². The Hall–Kier alpha value is -0.0800. The highest BCUT2D eigenvalue weighted by atomic mass is 16.5. The number of aliphatic hydroxyl groups is 1. The lowest BCUT2D eigenvalue weighted by atomic mass is 10.1. The summed E-state index contributed by atoms with van der Waals surface area (Å²) in [6, 6.07) is 0. The maximum Gasteiger partial charge on any atom is 0.0585 e. The molecule has 62 valence electrons. The molecule has 0 heterocycles. The lowest BCUT2D eigenvalue weighted by Gasteiger charge is -2.13. The van der Waals surface area contributed by atoms with E-state index in [1.807, 2.05) is 20.8 Å². The smallest absolute Gasteiger partial charge is 0.0585 e. The molecule has 0 aromatic carbocycles. The molecule has 0 saturated carbocycles. The van der Waals surface area contributed by atoms with Crippen LogP contribution in [-0.4, -0.2) is 24.4 Å². The maximum atomic E-state index is 9.27. The Morgan fingerprint density at radius 2 is 2.00 bits per heavy atom. The molecule has 0 aliphatic rings. The van der Waals surface area contributed by atoms with Crippen molar-refractivity contribution in [2.75, 3.05) is 13.2 Å². The van der Waals surface area contributed by atoms with Gasteiger partial charge in [-0.2, -0.15) is 0 Å². The van der Waals surface area contributed by atoms with Crippen LogP contribution < -0.4 is 0 Å².